The van der Waals surface area contributed by atoms with Crippen LogP contribution in [0.25, 0.3) is 0 Å². The van der Waals surface area contributed by atoms with Gasteiger partial charge in [0.1, 0.15) is 0 Å². The number of anilines is 2. The lowest BCUT2D eigenvalue weighted by Gasteiger charge is -2.37. The van der Waals surface area contributed by atoms with Crippen molar-refractivity contribution in [2.75, 3.05) is 36.0 Å². The van der Waals surface area contributed by atoms with Crippen LogP contribution < -0.4 is 15.5 Å². The summed E-state index contributed by atoms with van der Waals surface area (Å²) in [6.45, 7) is 4.75. The molecule has 2 N–H and O–H groups in total. The van der Waals surface area contributed by atoms with Gasteiger partial charge in [-0.15, -0.1) is 0 Å². The number of hydrogen-bond donors (Lipinski definition) is 1. The minimum absolute atomic E-state index is 0.0109. The van der Waals surface area contributed by atoms with Crippen molar-refractivity contribution in [3.63, 3.8) is 0 Å². The van der Waals surface area contributed by atoms with E-state index >= 15 is 0 Å². The van der Waals surface area contributed by atoms with E-state index in [1.807, 2.05) is 18.2 Å². The number of rotatable bonds is 2. The van der Waals surface area contributed by atoms with Gasteiger partial charge >= 0.3 is 0 Å². The van der Waals surface area contributed by atoms with Crippen molar-refractivity contribution < 1.29 is 4.79 Å². The maximum absolute atomic E-state index is 11.7. The van der Waals surface area contributed by atoms with Crippen LogP contribution in [0.2, 0.25) is 0 Å². The number of para-hydroxylation sites is 2. The molecule has 0 radical (unpaired) electrons. The fraction of sp³-hybridized carbons (Fsp3) is 0.417. The maximum atomic E-state index is 11.7. The molecule has 1 amide bonds. The van der Waals surface area contributed by atoms with E-state index in [-0.39, 0.29) is 12.5 Å². The molecule has 0 atom stereocenters. The van der Waals surface area contributed by atoms with Crippen molar-refractivity contribution in [2.45, 2.75) is 6.92 Å². The second-order valence-electron chi connectivity index (χ2n) is 3.82. The number of hydrogen-bond acceptors (Lipinski definition) is 3. The fourth-order valence-electron chi connectivity index (χ4n) is 2.12. The Morgan fingerprint density at radius 3 is 2.62 bits per heavy atom. The smallest absolute Gasteiger partial charge is 0.240 e. The Morgan fingerprint density at radius 2 is 2.00 bits per heavy atom. The van der Waals surface area contributed by atoms with Gasteiger partial charge in [-0.2, -0.15) is 0 Å². The van der Waals surface area contributed by atoms with Crippen molar-refractivity contribution in [3.8, 4) is 0 Å². The van der Waals surface area contributed by atoms with Gasteiger partial charge in [0.2, 0.25) is 5.91 Å². The quantitative estimate of drug-likeness (QED) is 0.801. The molecule has 0 saturated heterocycles. The molecule has 0 aromatic heterocycles. The molecule has 1 aliphatic heterocycles. The first-order valence-corrected chi connectivity index (χ1v) is 5.62. The lowest BCUT2D eigenvalue weighted by atomic mass is 10.1. The van der Waals surface area contributed by atoms with Crippen molar-refractivity contribution in [1.29, 1.82) is 0 Å². The number of carbonyl (C=O) groups is 1. The zero-order valence-corrected chi connectivity index (χ0v) is 9.52. The zero-order valence-electron chi connectivity index (χ0n) is 9.52. The van der Waals surface area contributed by atoms with Crippen LogP contribution in [0.5, 0.6) is 0 Å². The SMILES string of the molecule is CCN1CCN(C(=O)CN)c2ccccc21. The number of amides is 1. The van der Waals surface area contributed by atoms with Crippen LogP contribution in [0.1, 0.15) is 6.92 Å². The Bertz CT molecular complexity index is 392. The first-order valence-electron chi connectivity index (χ1n) is 5.62. The molecule has 0 spiro atoms. The summed E-state index contributed by atoms with van der Waals surface area (Å²) in [7, 11) is 0. The average Bonchev–Trinajstić information content (AvgIpc) is 2.36. The second-order valence-corrected chi connectivity index (χ2v) is 3.82. The predicted molar refractivity (Wildman–Crippen MR) is 65.7 cm³/mol. The van der Waals surface area contributed by atoms with Gasteiger partial charge < -0.3 is 15.5 Å². The normalized spacial score (nSPS) is 14.9. The zero-order chi connectivity index (χ0) is 11.5. The highest BCUT2D eigenvalue weighted by Gasteiger charge is 2.24. The highest BCUT2D eigenvalue weighted by molar-refractivity contribution is 5.98. The van der Waals surface area contributed by atoms with Crippen LogP contribution in [-0.2, 0) is 4.79 Å². The maximum Gasteiger partial charge on any atom is 0.240 e. The van der Waals surface area contributed by atoms with E-state index in [9.17, 15) is 4.79 Å². The summed E-state index contributed by atoms with van der Waals surface area (Å²) in [5, 5.41) is 0. The first-order chi connectivity index (χ1) is 7.77. The van der Waals surface area contributed by atoms with Gasteiger partial charge in [-0.05, 0) is 19.1 Å². The Kier molecular flexibility index (Phi) is 3.10. The lowest BCUT2D eigenvalue weighted by molar-refractivity contribution is -0.117. The number of nitrogens with zero attached hydrogens (tertiary/aromatic N) is 2. The summed E-state index contributed by atoms with van der Waals surface area (Å²) in [6.07, 6.45) is 0. The molecule has 1 aromatic carbocycles. The minimum atomic E-state index is -0.0109. The Hall–Kier alpha value is -1.55. The highest BCUT2D eigenvalue weighted by atomic mass is 16.2. The van der Waals surface area contributed by atoms with Gasteiger partial charge in [-0.1, -0.05) is 12.1 Å². The topological polar surface area (TPSA) is 49.6 Å². The third kappa shape index (κ3) is 1.76. The van der Waals surface area contributed by atoms with Gasteiger partial charge in [-0.25, -0.2) is 0 Å². The van der Waals surface area contributed by atoms with Crippen LogP contribution in [0, 0.1) is 0 Å². The number of likely N-dealkylation sites (N-methyl/N-ethyl adjacent to an activating group) is 1. The van der Waals surface area contributed by atoms with Crippen LogP contribution in [0.3, 0.4) is 0 Å². The summed E-state index contributed by atoms with van der Waals surface area (Å²) in [4.78, 5) is 15.8. The number of nitrogens with two attached hydrogens (primary N) is 1. The van der Waals surface area contributed by atoms with Crippen LogP contribution in [0.15, 0.2) is 24.3 Å². The largest absolute Gasteiger partial charge is 0.368 e. The molecule has 0 bridgehead atoms. The molecule has 16 heavy (non-hydrogen) atoms. The number of benzene rings is 1. The molecular formula is C12H17N3O. The van der Waals surface area contributed by atoms with Crippen molar-refractivity contribution >= 4 is 17.3 Å². The number of carbonyl (C=O) groups excluding carboxylic acids is 1. The van der Waals surface area contributed by atoms with E-state index in [4.69, 9.17) is 5.73 Å². The van der Waals surface area contributed by atoms with E-state index in [0.29, 0.717) is 0 Å². The molecule has 1 aromatic rings. The highest BCUT2D eigenvalue weighted by Crippen LogP contribution is 2.32. The summed E-state index contributed by atoms with van der Waals surface area (Å²) < 4.78 is 0. The molecular weight excluding hydrogens is 202 g/mol. The van der Waals surface area contributed by atoms with Gasteiger partial charge in [0.15, 0.2) is 0 Å². The third-order valence-corrected chi connectivity index (χ3v) is 2.96. The Morgan fingerprint density at radius 1 is 1.31 bits per heavy atom. The third-order valence-electron chi connectivity index (χ3n) is 2.96. The summed E-state index contributed by atoms with van der Waals surface area (Å²) in [5.74, 6) is -0.0109. The standard InChI is InChI=1S/C12H17N3O/c1-2-14-7-8-15(12(16)9-13)11-6-4-3-5-10(11)14/h3-6H,2,7-9,13H2,1H3. The molecule has 86 valence electrons. The second kappa shape index (κ2) is 4.53. The van der Waals surface area contributed by atoms with Crippen molar-refractivity contribution in [2.24, 2.45) is 5.73 Å². The lowest BCUT2D eigenvalue weighted by Crippen LogP contribution is -2.46. The van der Waals surface area contributed by atoms with Crippen molar-refractivity contribution in [1.82, 2.24) is 0 Å². The molecule has 4 heteroatoms. The van der Waals surface area contributed by atoms with Gasteiger partial charge in [0.25, 0.3) is 0 Å². The number of fused-ring (bicyclic) bond motifs is 1. The van der Waals surface area contributed by atoms with E-state index in [2.05, 4.69) is 17.9 Å². The molecule has 0 fully saturated rings. The molecule has 0 aliphatic carbocycles. The van der Waals surface area contributed by atoms with E-state index in [1.165, 1.54) is 0 Å². The molecule has 4 nitrogen and oxygen atoms in total. The fourth-order valence-corrected chi connectivity index (χ4v) is 2.12. The van der Waals surface area contributed by atoms with Crippen LogP contribution in [0.4, 0.5) is 11.4 Å². The van der Waals surface area contributed by atoms with Crippen molar-refractivity contribution in [3.05, 3.63) is 24.3 Å². The van der Waals surface area contributed by atoms with E-state index < -0.39 is 0 Å². The monoisotopic (exact) mass is 219 g/mol. The molecule has 0 saturated carbocycles. The summed E-state index contributed by atoms with van der Waals surface area (Å²) in [5.41, 5.74) is 7.52. The molecule has 2 rings (SSSR count). The Labute approximate surface area is 95.6 Å². The minimum Gasteiger partial charge on any atom is -0.368 e. The average molecular weight is 219 g/mol. The molecule has 1 heterocycles. The summed E-state index contributed by atoms with van der Waals surface area (Å²) >= 11 is 0. The Balaban J connectivity index is 2.38. The molecule has 0 unspecified atom stereocenters. The predicted octanol–water partition coefficient (Wildman–Crippen LogP) is 0.818. The summed E-state index contributed by atoms with van der Waals surface area (Å²) in [6, 6.07) is 7.98. The van der Waals surface area contributed by atoms with E-state index in [0.717, 1.165) is 31.0 Å². The molecule has 1 aliphatic rings. The van der Waals surface area contributed by atoms with Crippen LogP contribution >= 0.6 is 0 Å². The van der Waals surface area contributed by atoms with E-state index in [1.54, 1.807) is 4.90 Å². The first kappa shape index (κ1) is 11.0. The van der Waals surface area contributed by atoms with Gasteiger partial charge in [0, 0.05) is 19.6 Å². The van der Waals surface area contributed by atoms with Crippen LogP contribution in [-0.4, -0.2) is 32.1 Å². The van der Waals surface area contributed by atoms with Gasteiger partial charge in [-0.3, -0.25) is 4.79 Å². The van der Waals surface area contributed by atoms with Gasteiger partial charge in [0.05, 0.1) is 17.9 Å².